The van der Waals surface area contributed by atoms with Gasteiger partial charge in [0.25, 0.3) is 0 Å². The van der Waals surface area contributed by atoms with Crippen LogP contribution in [0.4, 0.5) is 13.2 Å². The van der Waals surface area contributed by atoms with Crippen molar-refractivity contribution in [2.75, 3.05) is 13.2 Å². The molecule has 2 aliphatic rings. The molecule has 1 N–H and O–H groups in total. The van der Waals surface area contributed by atoms with Crippen molar-refractivity contribution in [2.45, 2.75) is 45.0 Å². The third kappa shape index (κ3) is 3.58. The van der Waals surface area contributed by atoms with Gasteiger partial charge in [-0.2, -0.15) is 0 Å². The maximum atomic E-state index is 11.8. The molecule has 17 heavy (non-hydrogen) atoms. The molecular weight excluding hydrogens is 231 g/mol. The fraction of sp³-hybridized carbons (Fsp3) is 1.00. The summed E-state index contributed by atoms with van der Waals surface area (Å²) in [4.78, 5) is 0. The molecule has 0 aromatic heterocycles. The predicted octanol–water partition coefficient (Wildman–Crippen LogP) is 2.94. The zero-order chi connectivity index (χ0) is 12.5. The van der Waals surface area contributed by atoms with Gasteiger partial charge in [-0.15, -0.1) is 13.2 Å². The van der Waals surface area contributed by atoms with E-state index in [1.807, 2.05) is 0 Å². The first-order valence-electron chi connectivity index (χ1n) is 6.40. The molecule has 0 aromatic carbocycles. The highest BCUT2D eigenvalue weighted by Gasteiger charge is 2.41. The van der Waals surface area contributed by atoms with Crippen molar-refractivity contribution < 1.29 is 17.9 Å². The largest absolute Gasteiger partial charge is 0.522 e. The molecule has 2 fully saturated rings. The van der Waals surface area contributed by atoms with E-state index in [2.05, 4.69) is 17.0 Å². The molecule has 2 bridgehead atoms. The third-order valence-corrected chi connectivity index (χ3v) is 4.27. The van der Waals surface area contributed by atoms with Crippen molar-refractivity contribution in [3.63, 3.8) is 0 Å². The van der Waals surface area contributed by atoms with Gasteiger partial charge >= 0.3 is 6.36 Å². The van der Waals surface area contributed by atoms with Gasteiger partial charge in [-0.05, 0) is 43.9 Å². The summed E-state index contributed by atoms with van der Waals surface area (Å²) in [6.07, 6.45) is 0.734. The lowest BCUT2D eigenvalue weighted by Gasteiger charge is -2.28. The molecule has 0 aliphatic heterocycles. The molecule has 0 aromatic rings. The van der Waals surface area contributed by atoms with Crippen molar-refractivity contribution in [1.29, 1.82) is 0 Å². The number of halogens is 3. The molecule has 4 unspecified atom stereocenters. The molecule has 0 heterocycles. The standard InChI is InChI=1S/C12H20F3NO/c1-8(16-4-5-17-12(13,14)15)11-7-9-2-3-10(11)6-9/h8-11,16H,2-7H2,1H3. The number of alkyl halides is 3. The van der Waals surface area contributed by atoms with Crippen molar-refractivity contribution in [3.05, 3.63) is 0 Å². The summed E-state index contributed by atoms with van der Waals surface area (Å²) in [5.74, 6) is 2.33. The SMILES string of the molecule is CC(NCCOC(F)(F)F)C1CC2CCC1C2. The highest BCUT2D eigenvalue weighted by Crippen LogP contribution is 2.49. The molecule has 5 heteroatoms. The normalized spacial score (nSPS) is 34.2. The lowest BCUT2D eigenvalue weighted by atomic mass is 9.84. The minimum Gasteiger partial charge on any atom is -0.312 e. The van der Waals surface area contributed by atoms with Gasteiger partial charge in [-0.1, -0.05) is 6.42 Å². The number of ether oxygens (including phenoxy) is 1. The molecule has 0 saturated heterocycles. The number of hydrogen-bond donors (Lipinski definition) is 1. The second-order valence-electron chi connectivity index (χ2n) is 5.38. The average molecular weight is 251 g/mol. The van der Waals surface area contributed by atoms with Crippen molar-refractivity contribution >= 4 is 0 Å². The van der Waals surface area contributed by atoms with E-state index >= 15 is 0 Å². The van der Waals surface area contributed by atoms with Gasteiger partial charge in [0, 0.05) is 12.6 Å². The Balaban J connectivity index is 1.63. The summed E-state index contributed by atoms with van der Waals surface area (Å²) in [6, 6.07) is 0.308. The molecule has 2 nitrogen and oxygen atoms in total. The Morgan fingerprint density at radius 1 is 1.29 bits per heavy atom. The topological polar surface area (TPSA) is 21.3 Å². The van der Waals surface area contributed by atoms with Gasteiger partial charge in [-0.3, -0.25) is 4.74 Å². The summed E-state index contributed by atoms with van der Waals surface area (Å²) >= 11 is 0. The maximum absolute atomic E-state index is 11.8. The number of nitrogens with one attached hydrogen (secondary N) is 1. The molecule has 2 rings (SSSR count). The Morgan fingerprint density at radius 2 is 2.06 bits per heavy atom. The van der Waals surface area contributed by atoms with Gasteiger partial charge in [0.15, 0.2) is 0 Å². The summed E-state index contributed by atoms with van der Waals surface area (Å²) < 4.78 is 39.0. The van der Waals surface area contributed by atoms with Crippen LogP contribution in [0, 0.1) is 17.8 Å². The smallest absolute Gasteiger partial charge is 0.312 e. The number of rotatable bonds is 5. The monoisotopic (exact) mass is 251 g/mol. The van der Waals surface area contributed by atoms with E-state index in [0.29, 0.717) is 12.0 Å². The first-order valence-corrected chi connectivity index (χ1v) is 6.40. The van der Waals surface area contributed by atoms with Crippen molar-refractivity contribution in [3.8, 4) is 0 Å². The average Bonchev–Trinajstić information content (AvgIpc) is 2.84. The Morgan fingerprint density at radius 3 is 2.59 bits per heavy atom. The van der Waals surface area contributed by atoms with Gasteiger partial charge in [-0.25, -0.2) is 0 Å². The predicted molar refractivity (Wildman–Crippen MR) is 58.4 cm³/mol. The van der Waals surface area contributed by atoms with E-state index < -0.39 is 6.36 Å². The van der Waals surface area contributed by atoms with Gasteiger partial charge < -0.3 is 5.32 Å². The second-order valence-corrected chi connectivity index (χ2v) is 5.38. The fourth-order valence-corrected chi connectivity index (χ4v) is 3.51. The molecule has 4 atom stereocenters. The van der Waals surface area contributed by atoms with E-state index in [1.54, 1.807) is 0 Å². The summed E-state index contributed by atoms with van der Waals surface area (Å²) in [7, 11) is 0. The van der Waals surface area contributed by atoms with Crippen molar-refractivity contribution in [2.24, 2.45) is 17.8 Å². The first-order chi connectivity index (χ1) is 7.96. The Labute approximate surface area is 99.9 Å². The molecule has 100 valence electrons. The van der Waals surface area contributed by atoms with Crippen LogP contribution in [0.1, 0.15) is 32.6 Å². The molecule has 0 amide bonds. The van der Waals surface area contributed by atoms with Crippen LogP contribution >= 0.6 is 0 Å². The highest BCUT2D eigenvalue weighted by molar-refractivity contribution is 4.93. The van der Waals surface area contributed by atoms with Crippen LogP contribution in [-0.2, 0) is 4.74 Å². The molecule has 0 spiro atoms. The maximum Gasteiger partial charge on any atom is 0.522 e. The lowest BCUT2D eigenvalue weighted by molar-refractivity contribution is -0.323. The molecular formula is C12H20F3NO. The van der Waals surface area contributed by atoms with Crippen LogP contribution in [0.3, 0.4) is 0 Å². The Kier molecular flexibility index (Phi) is 3.98. The van der Waals surface area contributed by atoms with Crippen LogP contribution in [0.5, 0.6) is 0 Å². The zero-order valence-electron chi connectivity index (χ0n) is 10.1. The third-order valence-electron chi connectivity index (χ3n) is 4.27. The van der Waals surface area contributed by atoms with E-state index in [1.165, 1.54) is 25.7 Å². The first kappa shape index (κ1) is 13.1. The van der Waals surface area contributed by atoms with Crippen LogP contribution in [0.25, 0.3) is 0 Å². The minimum atomic E-state index is -4.50. The number of hydrogen-bond acceptors (Lipinski definition) is 2. The molecule has 0 radical (unpaired) electrons. The van der Waals surface area contributed by atoms with Crippen LogP contribution in [-0.4, -0.2) is 25.6 Å². The van der Waals surface area contributed by atoms with Crippen molar-refractivity contribution in [1.82, 2.24) is 5.32 Å². The van der Waals surface area contributed by atoms with Gasteiger partial charge in [0.05, 0.1) is 6.61 Å². The van der Waals surface area contributed by atoms with Crippen LogP contribution < -0.4 is 5.32 Å². The fourth-order valence-electron chi connectivity index (χ4n) is 3.51. The number of fused-ring (bicyclic) bond motifs is 2. The van der Waals surface area contributed by atoms with E-state index in [4.69, 9.17) is 0 Å². The Bertz CT molecular complexity index is 257. The highest BCUT2D eigenvalue weighted by atomic mass is 19.4. The summed E-state index contributed by atoms with van der Waals surface area (Å²) in [5.41, 5.74) is 0. The molecule has 2 saturated carbocycles. The summed E-state index contributed by atoms with van der Waals surface area (Å²) in [6.45, 7) is 2.06. The van der Waals surface area contributed by atoms with E-state index in [0.717, 1.165) is 11.8 Å². The molecule has 2 aliphatic carbocycles. The second kappa shape index (κ2) is 5.14. The zero-order valence-corrected chi connectivity index (χ0v) is 10.1. The van der Waals surface area contributed by atoms with Crippen LogP contribution in [0.2, 0.25) is 0 Å². The lowest BCUT2D eigenvalue weighted by Crippen LogP contribution is -2.38. The van der Waals surface area contributed by atoms with Gasteiger partial charge in [0.2, 0.25) is 0 Å². The quantitative estimate of drug-likeness (QED) is 0.758. The summed E-state index contributed by atoms with van der Waals surface area (Å²) in [5, 5.41) is 3.16. The van der Waals surface area contributed by atoms with Crippen LogP contribution in [0.15, 0.2) is 0 Å². The van der Waals surface area contributed by atoms with E-state index in [9.17, 15) is 13.2 Å². The minimum absolute atomic E-state index is 0.272. The van der Waals surface area contributed by atoms with Gasteiger partial charge in [0.1, 0.15) is 0 Å². The Hall–Kier alpha value is -0.290. The van der Waals surface area contributed by atoms with E-state index in [-0.39, 0.29) is 13.2 Å².